The number of ether oxygens (including phenoxy) is 1. The molecule has 1 atom stereocenters. The fraction of sp³-hybridized carbons (Fsp3) is 0.364. The molecule has 1 rings (SSSR count). The van der Waals surface area contributed by atoms with Crippen LogP contribution in [0.2, 0.25) is 0 Å². The van der Waals surface area contributed by atoms with Crippen LogP contribution in [-0.4, -0.2) is 18.8 Å². The molecule has 0 aromatic heterocycles. The van der Waals surface area contributed by atoms with E-state index in [0.717, 1.165) is 0 Å². The fourth-order valence-corrected chi connectivity index (χ4v) is 1.34. The number of amides is 1. The van der Waals surface area contributed by atoms with Gasteiger partial charge in [0.25, 0.3) is 0 Å². The molecule has 1 unspecified atom stereocenters. The van der Waals surface area contributed by atoms with Crippen molar-refractivity contribution in [3.8, 4) is 5.75 Å². The van der Waals surface area contributed by atoms with E-state index in [2.05, 4.69) is 10.1 Å². The maximum atomic E-state index is 11.9. The van der Waals surface area contributed by atoms with Gasteiger partial charge >= 0.3 is 6.36 Å². The average Bonchev–Trinajstić information content (AvgIpc) is 2.27. The summed E-state index contributed by atoms with van der Waals surface area (Å²) in [5.41, 5.74) is 5.79. The molecular formula is C11H13F3N2O2. The van der Waals surface area contributed by atoms with Gasteiger partial charge in [-0.05, 0) is 24.6 Å². The van der Waals surface area contributed by atoms with E-state index >= 15 is 0 Å². The van der Waals surface area contributed by atoms with Gasteiger partial charge in [0.2, 0.25) is 5.91 Å². The Labute approximate surface area is 102 Å². The maximum absolute atomic E-state index is 11.9. The van der Waals surface area contributed by atoms with Crippen LogP contribution in [0.4, 0.5) is 13.2 Å². The molecule has 100 valence electrons. The second-order valence-corrected chi connectivity index (χ2v) is 3.61. The van der Waals surface area contributed by atoms with E-state index in [0.29, 0.717) is 5.56 Å². The lowest BCUT2D eigenvalue weighted by Crippen LogP contribution is -2.32. The number of nitrogens with two attached hydrogens (primary N) is 1. The van der Waals surface area contributed by atoms with Crippen LogP contribution in [0.1, 0.15) is 18.5 Å². The standard InChI is InChI=1S/C11H13F3N2O2/c1-7(16-10(17)6-15)8-2-4-9(5-3-8)18-11(12,13)14/h2-5,7H,6,15H2,1H3,(H,16,17). The van der Waals surface area contributed by atoms with Crippen LogP contribution in [0.3, 0.4) is 0 Å². The zero-order valence-corrected chi connectivity index (χ0v) is 9.62. The summed E-state index contributed by atoms with van der Waals surface area (Å²) in [7, 11) is 0. The Hall–Kier alpha value is -1.76. The number of benzene rings is 1. The second-order valence-electron chi connectivity index (χ2n) is 3.61. The maximum Gasteiger partial charge on any atom is 0.573 e. The van der Waals surface area contributed by atoms with Gasteiger partial charge in [0, 0.05) is 0 Å². The SMILES string of the molecule is CC(NC(=O)CN)c1ccc(OC(F)(F)F)cc1. The molecule has 3 N–H and O–H groups in total. The molecule has 1 aromatic rings. The van der Waals surface area contributed by atoms with Crippen LogP contribution in [-0.2, 0) is 4.79 Å². The summed E-state index contributed by atoms with van der Waals surface area (Å²) >= 11 is 0. The van der Waals surface area contributed by atoms with Crippen LogP contribution >= 0.6 is 0 Å². The number of nitrogens with one attached hydrogen (secondary N) is 1. The second kappa shape index (κ2) is 5.72. The van der Waals surface area contributed by atoms with E-state index in [1.807, 2.05) is 0 Å². The first-order valence-electron chi connectivity index (χ1n) is 5.17. The first-order chi connectivity index (χ1) is 8.31. The summed E-state index contributed by atoms with van der Waals surface area (Å²) in [6.07, 6.45) is -4.71. The molecule has 0 aliphatic rings. The molecule has 4 nitrogen and oxygen atoms in total. The summed E-state index contributed by atoms with van der Waals surface area (Å²) in [5, 5.41) is 2.59. The third-order valence-electron chi connectivity index (χ3n) is 2.18. The van der Waals surface area contributed by atoms with Crippen molar-refractivity contribution in [1.29, 1.82) is 0 Å². The van der Waals surface area contributed by atoms with E-state index in [4.69, 9.17) is 5.73 Å². The van der Waals surface area contributed by atoms with Crippen LogP contribution in [0, 0.1) is 0 Å². The zero-order chi connectivity index (χ0) is 13.8. The predicted octanol–water partition coefficient (Wildman–Crippen LogP) is 1.72. The average molecular weight is 262 g/mol. The lowest BCUT2D eigenvalue weighted by atomic mass is 10.1. The van der Waals surface area contributed by atoms with Crippen molar-refractivity contribution < 1.29 is 22.7 Å². The summed E-state index contributed by atoms with van der Waals surface area (Å²) in [5.74, 6) is -0.637. The zero-order valence-electron chi connectivity index (χ0n) is 9.62. The minimum Gasteiger partial charge on any atom is -0.406 e. The van der Waals surface area contributed by atoms with Gasteiger partial charge in [-0.2, -0.15) is 0 Å². The molecule has 7 heteroatoms. The number of carbonyl (C=O) groups is 1. The van der Waals surface area contributed by atoms with Crippen molar-refractivity contribution in [1.82, 2.24) is 5.32 Å². The number of halogens is 3. The van der Waals surface area contributed by atoms with Crippen molar-refractivity contribution in [2.75, 3.05) is 6.54 Å². The molecule has 1 aromatic carbocycles. The molecular weight excluding hydrogens is 249 g/mol. The molecule has 0 spiro atoms. The van der Waals surface area contributed by atoms with Gasteiger partial charge in [-0.15, -0.1) is 13.2 Å². The van der Waals surface area contributed by atoms with E-state index in [-0.39, 0.29) is 24.2 Å². The third-order valence-corrected chi connectivity index (χ3v) is 2.18. The quantitative estimate of drug-likeness (QED) is 0.868. The number of carbonyl (C=O) groups excluding carboxylic acids is 1. The molecule has 0 radical (unpaired) electrons. The number of alkyl halides is 3. The molecule has 0 saturated carbocycles. The summed E-state index contributed by atoms with van der Waals surface area (Å²) in [6, 6.07) is 4.94. The third kappa shape index (κ3) is 4.62. The minimum atomic E-state index is -4.71. The van der Waals surface area contributed by atoms with Gasteiger partial charge in [0.1, 0.15) is 5.75 Å². The molecule has 0 aliphatic carbocycles. The Morgan fingerprint density at radius 3 is 2.39 bits per heavy atom. The molecule has 0 bridgehead atoms. The van der Waals surface area contributed by atoms with Crippen molar-refractivity contribution >= 4 is 5.91 Å². The molecule has 0 aliphatic heterocycles. The number of rotatable bonds is 4. The number of hydrogen-bond acceptors (Lipinski definition) is 3. The summed E-state index contributed by atoms with van der Waals surface area (Å²) in [4.78, 5) is 11.0. The van der Waals surface area contributed by atoms with E-state index in [1.54, 1.807) is 6.92 Å². The Morgan fingerprint density at radius 1 is 1.39 bits per heavy atom. The summed E-state index contributed by atoms with van der Waals surface area (Å²) < 4.78 is 39.5. The first-order valence-corrected chi connectivity index (χ1v) is 5.17. The highest BCUT2D eigenvalue weighted by molar-refractivity contribution is 5.78. The number of hydrogen-bond donors (Lipinski definition) is 2. The van der Waals surface area contributed by atoms with Gasteiger partial charge in [-0.1, -0.05) is 12.1 Å². The largest absolute Gasteiger partial charge is 0.573 e. The van der Waals surface area contributed by atoms with Gasteiger partial charge in [0.15, 0.2) is 0 Å². The van der Waals surface area contributed by atoms with E-state index in [1.165, 1.54) is 24.3 Å². The predicted molar refractivity (Wildman–Crippen MR) is 58.7 cm³/mol. The van der Waals surface area contributed by atoms with Crippen molar-refractivity contribution in [2.45, 2.75) is 19.3 Å². The lowest BCUT2D eigenvalue weighted by Gasteiger charge is -2.14. The minimum absolute atomic E-state index is 0.139. The van der Waals surface area contributed by atoms with Gasteiger partial charge in [-0.3, -0.25) is 4.79 Å². The lowest BCUT2D eigenvalue weighted by molar-refractivity contribution is -0.274. The van der Waals surface area contributed by atoms with Crippen molar-refractivity contribution in [2.24, 2.45) is 5.73 Å². The highest BCUT2D eigenvalue weighted by Gasteiger charge is 2.31. The normalized spacial score (nSPS) is 12.9. The van der Waals surface area contributed by atoms with Crippen molar-refractivity contribution in [3.63, 3.8) is 0 Å². The monoisotopic (exact) mass is 262 g/mol. The van der Waals surface area contributed by atoms with Crippen LogP contribution < -0.4 is 15.8 Å². The Bertz CT molecular complexity index is 404. The highest BCUT2D eigenvalue weighted by atomic mass is 19.4. The van der Waals surface area contributed by atoms with Crippen LogP contribution in [0.25, 0.3) is 0 Å². The van der Waals surface area contributed by atoms with E-state index < -0.39 is 6.36 Å². The topological polar surface area (TPSA) is 64.4 Å². The molecule has 18 heavy (non-hydrogen) atoms. The highest BCUT2D eigenvalue weighted by Crippen LogP contribution is 2.24. The molecule has 0 fully saturated rings. The first kappa shape index (κ1) is 14.3. The van der Waals surface area contributed by atoms with Crippen LogP contribution in [0.15, 0.2) is 24.3 Å². The smallest absolute Gasteiger partial charge is 0.406 e. The fourth-order valence-electron chi connectivity index (χ4n) is 1.34. The molecule has 1 amide bonds. The Morgan fingerprint density at radius 2 is 1.94 bits per heavy atom. The van der Waals surface area contributed by atoms with Gasteiger partial charge in [-0.25, -0.2) is 0 Å². The molecule has 0 saturated heterocycles. The summed E-state index contributed by atoms with van der Waals surface area (Å²) in [6.45, 7) is 1.56. The van der Waals surface area contributed by atoms with Crippen LogP contribution in [0.5, 0.6) is 5.75 Å². The van der Waals surface area contributed by atoms with Gasteiger partial charge in [0.05, 0.1) is 12.6 Å². The Balaban J connectivity index is 2.67. The van der Waals surface area contributed by atoms with Crippen molar-refractivity contribution in [3.05, 3.63) is 29.8 Å². The molecule has 0 heterocycles. The van der Waals surface area contributed by atoms with Gasteiger partial charge < -0.3 is 15.8 Å². The Kier molecular flexibility index (Phi) is 4.55. The van der Waals surface area contributed by atoms with E-state index in [9.17, 15) is 18.0 Å².